The zero-order valence-corrected chi connectivity index (χ0v) is 14.2. The molecular weight excluding hydrogens is 276 g/mol. The lowest BCUT2D eigenvalue weighted by molar-refractivity contribution is -0.0674. The third-order valence-electron chi connectivity index (χ3n) is 4.48. The lowest BCUT2D eigenvalue weighted by atomic mass is 10.1. The standard InChI is InChI=1S/C18H30N2O2/c1-4-18(2,3)22-15-17(21)14-19-10-12-20(13-11-19)16-8-6-5-7-9-16/h5-9,17,21H,4,10-15H2,1-3H3/t17-/m0/s1. The Morgan fingerprint density at radius 2 is 1.77 bits per heavy atom. The van der Waals surface area contributed by atoms with Gasteiger partial charge >= 0.3 is 0 Å². The van der Waals surface area contributed by atoms with Crippen LogP contribution in [0.5, 0.6) is 0 Å². The zero-order valence-electron chi connectivity index (χ0n) is 14.2. The molecule has 0 saturated carbocycles. The molecule has 0 aromatic heterocycles. The Balaban J connectivity index is 1.71. The third kappa shape index (κ3) is 5.27. The number of piperazine rings is 1. The highest BCUT2D eigenvalue weighted by atomic mass is 16.5. The average Bonchev–Trinajstić information content (AvgIpc) is 2.55. The molecule has 1 atom stereocenters. The number of rotatable bonds is 7. The molecule has 1 aliphatic rings. The summed E-state index contributed by atoms with van der Waals surface area (Å²) in [4.78, 5) is 4.73. The summed E-state index contributed by atoms with van der Waals surface area (Å²) in [6, 6.07) is 10.5. The van der Waals surface area contributed by atoms with Crippen LogP contribution in [0.3, 0.4) is 0 Å². The Bertz CT molecular complexity index is 428. The van der Waals surface area contributed by atoms with Gasteiger partial charge in [-0.25, -0.2) is 0 Å². The fourth-order valence-corrected chi connectivity index (χ4v) is 2.60. The van der Waals surface area contributed by atoms with E-state index in [2.05, 4.69) is 54.8 Å². The van der Waals surface area contributed by atoms with Crippen molar-refractivity contribution < 1.29 is 9.84 Å². The quantitative estimate of drug-likeness (QED) is 0.839. The van der Waals surface area contributed by atoms with Gasteiger partial charge in [0.05, 0.1) is 18.3 Å². The van der Waals surface area contributed by atoms with E-state index in [-0.39, 0.29) is 5.60 Å². The lowest BCUT2D eigenvalue weighted by Crippen LogP contribution is -2.49. The van der Waals surface area contributed by atoms with E-state index in [9.17, 15) is 5.11 Å². The normalized spacial score (nSPS) is 18.5. The predicted octanol–water partition coefficient (Wildman–Crippen LogP) is 2.37. The first-order chi connectivity index (χ1) is 10.5. The molecule has 0 amide bonds. The Hall–Kier alpha value is -1.10. The highest BCUT2D eigenvalue weighted by Crippen LogP contribution is 2.16. The second kappa shape index (κ2) is 7.95. The molecule has 4 heteroatoms. The number of aliphatic hydroxyl groups is 1. The van der Waals surface area contributed by atoms with Gasteiger partial charge in [-0.15, -0.1) is 0 Å². The van der Waals surface area contributed by atoms with E-state index in [1.165, 1.54) is 5.69 Å². The van der Waals surface area contributed by atoms with Crippen molar-refractivity contribution in [2.75, 3.05) is 44.2 Å². The molecule has 1 aromatic carbocycles. The maximum atomic E-state index is 10.2. The smallest absolute Gasteiger partial charge is 0.0900 e. The van der Waals surface area contributed by atoms with Crippen LogP contribution in [0.2, 0.25) is 0 Å². The molecule has 1 aliphatic heterocycles. The topological polar surface area (TPSA) is 35.9 Å². The molecule has 2 rings (SSSR count). The van der Waals surface area contributed by atoms with Crippen molar-refractivity contribution in [2.45, 2.75) is 38.9 Å². The average molecular weight is 306 g/mol. The SMILES string of the molecule is CCC(C)(C)OC[C@@H](O)CN1CCN(c2ccccc2)CC1. The molecule has 0 aliphatic carbocycles. The number of hydrogen-bond acceptors (Lipinski definition) is 4. The molecule has 1 N–H and O–H groups in total. The van der Waals surface area contributed by atoms with Gasteiger partial charge in [0.25, 0.3) is 0 Å². The van der Waals surface area contributed by atoms with Gasteiger partial charge < -0.3 is 14.7 Å². The van der Waals surface area contributed by atoms with Gasteiger partial charge in [0.2, 0.25) is 0 Å². The second-order valence-corrected chi connectivity index (χ2v) is 6.70. The summed E-state index contributed by atoms with van der Waals surface area (Å²) in [7, 11) is 0. The van der Waals surface area contributed by atoms with Gasteiger partial charge in [-0.2, -0.15) is 0 Å². The third-order valence-corrected chi connectivity index (χ3v) is 4.48. The molecule has 0 bridgehead atoms. The monoisotopic (exact) mass is 306 g/mol. The molecule has 1 heterocycles. The second-order valence-electron chi connectivity index (χ2n) is 6.70. The summed E-state index contributed by atoms with van der Waals surface area (Å²) in [5.74, 6) is 0. The van der Waals surface area contributed by atoms with Crippen LogP contribution >= 0.6 is 0 Å². The van der Waals surface area contributed by atoms with Crippen LogP contribution in [0.4, 0.5) is 5.69 Å². The maximum Gasteiger partial charge on any atom is 0.0900 e. The van der Waals surface area contributed by atoms with Gasteiger partial charge in [0.1, 0.15) is 0 Å². The van der Waals surface area contributed by atoms with Gasteiger partial charge in [-0.3, -0.25) is 4.90 Å². The summed E-state index contributed by atoms with van der Waals surface area (Å²) in [5, 5.41) is 10.2. The number of hydrogen-bond donors (Lipinski definition) is 1. The van der Waals surface area contributed by atoms with Crippen LogP contribution in [0.15, 0.2) is 30.3 Å². The van der Waals surface area contributed by atoms with E-state index in [1.807, 2.05) is 6.07 Å². The number of benzene rings is 1. The van der Waals surface area contributed by atoms with Crippen LogP contribution in [0.1, 0.15) is 27.2 Å². The minimum atomic E-state index is -0.408. The van der Waals surface area contributed by atoms with E-state index >= 15 is 0 Å². The van der Waals surface area contributed by atoms with E-state index in [0.717, 1.165) is 32.6 Å². The first kappa shape index (κ1) is 17.3. The van der Waals surface area contributed by atoms with Crippen molar-refractivity contribution in [1.29, 1.82) is 0 Å². The van der Waals surface area contributed by atoms with Crippen LogP contribution in [0.25, 0.3) is 0 Å². The predicted molar refractivity (Wildman–Crippen MR) is 91.4 cm³/mol. The van der Waals surface area contributed by atoms with Gasteiger partial charge in [0.15, 0.2) is 0 Å². The highest BCUT2D eigenvalue weighted by Gasteiger charge is 2.21. The van der Waals surface area contributed by atoms with Crippen molar-refractivity contribution in [1.82, 2.24) is 4.90 Å². The molecule has 0 radical (unpaired) electrons. The van der Waals surface area contributed by atoms with Gasteiger partial charge in [0, 0.05) is 38.4 Å². The Morgan fingerprint density at radius 3 is 2.36 bits per heavy atom. The van der Waals surface area contributed by atoms with E-state index in [1.54, 1.807) is 0 Å². The largest absolute Gasteiger partial charge is 0.389 e. The highest BCUT2D eigenvalue weighted by molar-refractivity contribution is 5.46. The van der Waals surface area contributed by atoms with Crippen molar-refractivity contribution in [3.8, 4) is 0 Å². The summed E-state index contributed by atoms with van der Waals surface area (Å²) < 4.78 is 5.79. The fraction of sp³-hybridized carbons (Fsp3) is 0.667. The van der Waals surface area contributed by atoms with Gasteiger partial charge in [-0.05, 0) is 32.4 Å². The minimum Gasteiger partial charge on any atom is -0.389 e. The van der Waals surface area contributed by atoms with Crippen molar-refractivity contribution in [2.24, 2.45) is 0 Å². The minimum absolute atomic E-state index is 0.146. The van der Waals surface area contributed by atoms with Gasteiger partial charge in [-0.1, -0.05) is 25.1 Å². The molecule has 0 unspecified atom stereocenters. The summed E-state index contributed by atoms with van der Waals surface area (Å²) in [6.45, 7) is 11.4. The van der Waals surface area contributed by atoms with E-state index in [0.29, 0.717) is 13.2 Å². The van der Waals surface area contributed by atoms with Crippen LogP contribution in [0, 0.1) is 0 Å². The molecule has 22 heavy (non-hydrogen) atoms. The lowest BCUT2D eigenvalue weighted by Gasteiger charge is -2.37. The van der Waals surface area contributed by atoms with Crippen molar-refractivity contribution >= 4 is 5.69 Å². The number of aliphatic hydroxyl groups excluding tert-OH is 1. The number of ether oxygens (including phenoxy) is 1. The van der Waals surface area contributed by atoms with Crippen molar-refractivity contribution in [3.63, 3.8) is 0 Å². The number of para-hydroxylation sites is 1. The summed E-state index contributed by atoms with van der Waals surface area (Å²) in [6.07, 6.45) is 0.546. The van der Waals surface area contributed by atoms with E-state index < -0.39 is 6.10 Å². The molecule has 4 nitrogen and oxygen atoms in total. The Morgan fingerprint density at radius 1 is 1.14 bits per heavy atom. The molecule has 1 saturated heterocycles. The van der Waals surface area contributed by atoms with E-state index in [4.69, 9.17) is 4.74 Å². The first-order valence-electron chi connectivity index (χ1n) is 8.34. The first-order valence-corrected chi connectivity index (χ1v) is 8.34. The Labute approximate surface area is 134 Å². The molecular formula is C18H30N2O2. The molecule has 1 fully saturated rings. The van der Waals surface area contributed by atoms with Crippen LogP contribution in [-0.4, -0.2) is 61.0 Å². The van der Waals surface area contributed by atoms with Crippen molar-refractivity contribution in [3.05, 3.63) is 30.3 Å². The number of nitrogens with zero attached hydrogens (tertiary/aromatic N) is 2. The van der Waals surface area contributed by atoms with Crippen LogP contribution in [-0.2, 0) is 4.74 Å². The summed E-state index contributed by atoms with van der Waals surface area (Å²) >= 11 is 0. The molecule has 124 valence electrons. The molecule has 0 spiro atoms. The number of β-amino-alcohol motifs (C(OH)–C–C–N with tert-alkyl or cyclic N) is 1. The Kier molecular flexibility index (Phi) is 6.24. The number of anilines is 1. The zero-order chi connectivity index (χ0) is 16.0. The maximum absolute atomic E-state index is 10.2. The molecule has 1 aromatic rings. The summed E-state index contributed by atoms with van der Waals surface area (Å²) in [5.41, 5.74) is 1.14. The fourth-order valence-electron chi connectivity index (χ4n) is 2.60. The van der Waals surface area contributed by atoms with Crippen LogP contribution < -0.4 is 4.90 Å².